The van der Waals surface area contributed by atoms with Gasteiger partial charge in [0.15, 0.2) is 0 Å². The van der Waals surface area contributed by atoms with Crippen molar-refractivity contribution in [3.63, 3.8) is 0 Å². The molecule has 1 aromatic rings. The van der Waals surface area contributed by atoms with Crippen LogP contribution in [0.1, 0.15) is 65.4 Å². The first-order valence-corrected chi connectivity index (χ1v) is 9.57. The highest BCUT2D eigenvalue weighted by Crippen LogP contribution is 2.81. The molecule has 3 atom stereocenters. The molecule has 2 bridgehead atoms. The van der Waals surface area contributed by atoms with Crippen molar-refractivity contribution < 1.29 is 9.31 Å². The minimum atomic E-state index is -0.227. The summed E-state index contributed by atoms with van der Waals surface area (Å²) >= 11 is 0. The summed E-state index contributed by atoms with van der Waals surface area (Å²) in [5, 5.41) is 0.224. The number of hydrogen-bond acceptors (Lipinski definition) is 3. The number of nitrogens with zero attached hydrogens (tertiary/aromatic N) is 1. The lowest BCUT2D eigenvalue weighted by Crippen LogP contribution is -2.56. The summed E-state index contributed by atoms with van der Waals surface area (Å²) in [5.41, 5.74) is 1.33. The van der Waals surface area contributed by atoms with Crippen molar-refractivity contribution in [3.8, 4) is 0 Å². The fraction of sp³-hybridized carbons (Fsp3) is 0.750. The number of fused-ring (bicyclic) bond motifs is 1. The van der Waals surface area contributed by atoms with Gasteiger partial charge in [-0.2, -0.15) is 0 Å². The first-order valence-electron chi connectivity index (χ1n) is 9.57. The van der Waals surface area contributed by atoms with E-state index in [-0.39, 0.29) is 23.6 Å². The molecule has 0 spiro atoms. The van der Waals surface area contributed by atoms with Crippen LogP contribution in [0, 0.1) is 11.8 Å². The van der Waals surface area contributed by atoms with Crippen LogP contribution in [-0.4, -0.2) is 23.3 Å². The van der Waals surface area contributed by atoms with E-state index in [4.69, 9.17) is 9.31 Å². The Kier molecular flexibility index (Phi) is 2.85. The topological polar surface area (TPSA) is 31.4 Å². The normalized spacial score (nSPS) is 42.2. The Labute approximate surface area is 145 Å². The Balaban J connectivity index is 1.51. The van der Waals surface area contributed by atoms with Crippen molar-refractivity contribution in [2.45, 2.75) is 81.7 Å². The van der Waals surface area contributed by atoms with E-state index in [0.717, 1.165) is 5.92 Å². The molecule has 3 nitrogen and oxygen atoms in total. The van der Waals surface area contributed by atoms with Gasteiger partial charge in [-0.15, -0.1) is 0 Å². The Morgan fingerprint density at radius 2 is 1.79 bits per heavy atom. The molecule has 24 heavy (non-hydrogen) atoms. The molecule has 5 aliphatic rings. The first kappa shape index (κ1) is 15.4. The summed E-state index contributed by atoms with van der Waals surface area (Å²) in [6, 6.07) is 4.39. The van der Waals surface area contributed by atoms with Crippen LogP contribution in [0.4, 0.5) is 0 Å². The van der Waals surface area contributed by atoms with E-state index < -0.39 is 0 Å². The second-order valence-corrected chi connectivity index (χ2v) is 9.71. The Morgan fingerprint density at radius 3 is 2.38 bits per heavy atom. The molecule has 0 aromatic carbocycles. The van der Waals surface area contributed by atoms with E-state index >= 15 is 0 Å². The molecule has 4 aliphatic carbocycles. The van der Waals surface area contributed by atoms with Gasteiger partial charge in [-0.25, -0.2) is 0 Å². The molecule has 0 radical (unpaired) electrons. The molecule has 0 N–H and O–H groups in total. The number of pyridine rings is 1. The smallest absolute Gasteiger partial charge is 0.403 e. The van der Waals surface area contributed by atoms with E-state index in [2.05, 4.69) is 51.0 Å². The molecular weight excluding hydrogens is 297 g/mol. The van der Waals surface area contributed by atoms with Crippen LogP contribution >= 0.6 is 0 Å². The standard InChI is InChI=1S/C20H28BNO2/c1-17(2)18(3,4)24-21(23-17)20-10-9-19(13-20,16(20)14-7-8-14)15-6-5-11-22-12-15/h5-6,11-12,14,16H,7-10,13H2,1-4H3/t16-,19?,20+/m0/s1. The Bertz CT molecular complexity index is 655. The fourth-order valence-corrected chi connectivity index (χ4v) is 6.03. The zero-order chi connectivity index (χ0) is 16.8. The Hall–Kier alpha value is -0.865. The van der Waals surface area contributed by atoms with E-state index in [0.29, 0.717) is 11.3 Å². The fourth-order valence-electron chi connectivity index (χ4n) is 6.03. The maximum atomic E-state index is 6.54. The lowest BCUT2D eigenvalue weighted by Gasteiger charge is -2.57. The van der Waals surface area contributed by atoms with Gasteiger partial charge in [-0.05, 0) is 83.3 Å². The van der Waals surface area contributed by atoms with E-state index in [1.54, 1.807) is 0 Å². The predicted molar refractivity (Wildman–Crippen MR) is 94.8 cm³/mol. The van der Waals surface area contributed by atoms with Crippen molar-refractivity contribution in [1.82, 2.24) is 4.98 Å². The van der Waals surface area contributed by atoms with Gasteiger partial charge in [-0.3, -0.25) is 4.98 Å². The van der Waals surface area contributed by atoms with Gasteiger partial charge in [-0.1, -0.05) is 6.07 Å². The largest absolute Gasteiger partial charge is 0.464 e. The molecule has 1 unspecified atom stereocenters. The summed E-state index contributed by atoms with van der Waals surface area (Å²) in [4.78, 5) is 4.42. The van der Waals surface area contributed by atoms with E-state index in [9.17, 15) is 0 Å². The first-order chi connectivity index (χ1) is 11.3. The molecule has 6 rings (SSSR count). The lowest BCUT2D eigenvalue weighted by atomic mass is 9.36. The van der Waals surface area contributed by atoms with Crippen LogP contribution < -0.4 is 0 Å². The number of rotatable bonds is 3. The quantitative estimate of drug-likeness (QED) is 0.773. The van der Waals surface area contributed by atoms with Gasteiger partial charge in [0.25, 0.3) is 0 Å². The molecule has 1 aliphatic heterocycles. The molecule has 1 aromatic heterocycles. The SMILES string of the molecule is CC1(C)OB([C@]23CCC(c4cccnc4)(C2)[C@@H]3C2CC2)OC1(C)C. The highest BCUT2D eigenvalue weighted by atomic mass is 16.7. The van der Waals surface area contributed by atoms with Crippen molar-refractivity contribution in [1.29, 1.82) is 0 Å². The van der Waals surface area contributed by atoms with Crippen molar-refractivity contribution in [2.75, 3.05) is 0 Å². The number of hydrogen-bond donors (Lipinski definition) is 0. The second kappa shape index (κ2) is 4.45. The van der Waals surface area contributed by atoms with Gasteiger partial charge in [0.2, 0.25) is 0 Å². The molecule has 0 amide bonds. The summed E-state index contributed by atoms with van der Waals surface area (Å²) in [7, 11) is -0.0413. The highest BCUT2D eigenvalue weighted by Gasteiger charge is 2.78. The zero-order valence-corrected chi connectivity index (χ0v) is 15.3. The van der Waals surface area contributed by atoms with Crippen LogP contribution in [0.15, 0.2) is 24.5 Å². The summed E-state index contributed by atoms with van der Waals surface area (Å²) in [6.45, 7) is 8.71. The molecule has 4 heteroatoms. The van der Waals surface area contributed by atoms with E-state index in [1.807, 2.05) is 6.20 Å². The van der Waals surface area contributed by atoms with Crippen LogP contribution in [0.5, 0.6) is 0 Å². The maximum absolute atomic E-state index is 6.54. The average molecular weight is 325 g/mol. The van der Waals surface area contributed by atoms with Crippen LogP contribution in [0.3, 0.4) is 0 Å². The summed E-state index contributed by atoms with van der Waals surface area (Å²) < 4.78 is 13.1. The zero-order valence-electron chi connectivity index (χ0n) is 15.3. The average Bonchev–Trinajstić information content (AvgIpc) is 3.07. The third-order valence-corrected chi connectivity index (χ3v) is 7.95. The van der Waals surface area contributed by atoms with Crippen molar-refractivity contribution in [2.24, 2.45) is 11.8 Å². The van der Waals surface area contributed by atoms with Crippen molar-refractivity contribution >= 4 is 7.12 Å². The molecule has 2 heterocycles. The van der Waals surface area contributed by atoms with Crippen LogP contribution in [-0.2, 0) is 14.7 Å². The molecule has 1 saturated heterocycles. The van der Waals surface area contributed by atoms with Gasteiger partial charge < -0.3 is 9.31 Å². The van der Waals surface area contributed by atoms with Gasteiger partial charge >= 0.3 is 7.12 Å². The number of aromatic nitrogens is 1. The summed E-state index contributed by atoms with van der Waals surface area (Å²) in [5.74, 6) is 1.57. The predicted octanol–water partition coefficient (Wildman–Crippen LogP) is 4.38. The highest BCUT2D eigenvalue weighted by molar-refractivity contribution is 6.50. The third kappa shape index (κ3) is 1.74. The third-order valence-electron chi connectivity index (χ3n) is 7.95. The second-order valence-electron chi connectivity index (χ2n) is 9.71. The minimum absolute atomic E-state index is 0.0413. The van der Waals surface area contributed by atoms with Crippen LogP contribution in [0.2, 0.25) is 5.31 Å². The lowest BCUT2D eigenvalue weighted by molar-refractivity contribution is 0.00578. The molecule has 128 valence electrons. The van der Waals surface area contributed by atoms with E-state index in [1.165, 1.54) is 37.7 Å². The van der Waals surface area contributed by atoms with Gasteiger partial charge in [0.1, 0.15) is 0 Å². The maximum Gasteiger partial charge on any atom is 0.464 e. The van der Waals surface area contributed by atoms with Crippen molar-refractivity contribution in [3.05, 3.63) is 30.1 Å². The minimum Gasteiger partial charge on any atom is -0.403 e. The monoisotopic (exact) mass is 325 g/mol. The molecular formula is C20H28BNO2. The van der Waals surface area contributed by atoms with Crippen LogP contribution in [0.25, 0.3) is 0 Å². The molecule has 4 saturated carbocycles. The Morgan fingerprint density at radius 1 is 1.08 bits per heavy atom. The molecule has 5 fully saturated rings. The summed E-state index contributed by atoms with van der Waals surface area (Å²) in [6.07, 6.45) is 10.5. The van der Waals surface area contributed by atoms with Gasteiger partial charge in [0.05, 0.1) is 11.2 Å². The van der Waals surface area contributed by atoms with Gasteiger partial charge in [0, 0.05) is 23.1 Å².